The summed E-state index contributed by atoms with van der Waals surface area (Å²) < 4.78 is 32.0. The lowest BCUT2D eigenvalue weighted by Gasteiger charge is -2.12. The molecule has 0 saturated carbocycles. The first-order valence-electron chi connectivity index (χ1n) is 9.31. The zero-order valence-electron chi connectivity index (χ0n) is 15.8. The molecule has 0 aliphatic carbocycles. The Kier molecular flexibility index (Phi) is 5.33. The van der Waals surface area contributed by atoms with E-state index in [0.717, 1.165) is 27.6 Å². The van der Waals surface area contributed by atoms with E-state index in [0.29, 0.717) is 25.0 Å². The minimum Gasteiger partial charge on any atom is -0.477 e. The summed E-state index contributed by atoms with van der Waals surface area (Å²) in [6.45, 7) is 2.82. The molecule has 0 radical (unpaired) electrons. The van der Waals surface area contributed by atoms with Crippen molar-refractivity contribution in [2.75, 3.05) is 11.9 Å². The molecule has 0 atom stereocenters. The van der Waals surface area contributed by atoms with E-state index in [-0.39, 0.29) is 11.6 Å². The summed E-state index contributed by atoms with van der Waals surface area (Å²) in [5, 5.41) is 3.94. The SMILES string of the molecule is CCOc1nc(NCc2ccc(F)cc2)nc2ccc(-c3ccc(F)cc3)cc12. The van der Waals surface area contributed by atoms with Gasteiger partial charge in [0, 0.05) is 6.54 Å². The Morgan fingerprint density at radius 2 is 1.48 bits per heavy atom. The van der Waals surface area contributed by atoms with Crippen LogP contribution in [0.25, 0.3) is 22.0 Å². The van der Waals surface area contributed by atoms with Gasteiger partial charge >= 0.3 is 0 Å². The highest BCUT2D eigenvalue weighted by Crippen LogP contribution is 2.30. The maximum Gasteiger partial charge on any atom is 0.226 e. The second-order valence-electron chi connectivity index (χ2n) is 6.50. The molecular weight excluding hydrogens is 372 g/mol. The standard InChI is InChI=1S/C23H19F2N3O/c1-2-29-22-20-13-17(16-5-10-19(25)11-6-16)7-12-21(20)27-23(28-22)26-14-15-3-8-18(24)9-4-15/h3-13H,2,14H2,1H3,(H,26,27,28). The molecule has 0 saturated heterocycles. The largest absolute Gasteiger partial charge is 0.477 e. The van der Waals surface area contributed by atoms with Gasteiger partial charge in [0.25, 0.3) is 0 Å². The van der Waals surface area contributed by atoms with Crippen molar-refractivity contribution in [3.63, 3.8) is 0 Å². The number of nitrogens with zero attached hydrogens (tertiary/aromatic N) is 2. The number of nitrogens with one attached hydrogen (secondary N) is 1. The van der Waals surface area contributed by atoms with Crippen LogP contribution in [0.2, 0.25) is 0 Å². The van der Waals surface area contributed by atoms with E-state index in [1.807, 2.05) is 25.1 Å². The Hall–Kier alpha value is -3.54. The minimum atomic E-state index is -0.273. The molecule has 0 aliphatic rings. The van der Waals surface area contributed by atoms with Gasteiger partial charge in [-0.05, 0) is 60.0 Å². The van der Waals surface area contributed by atoms with Crippen LogP contribution in [0.3, 0.4) is 0 Å². The van der Waals surface area contributed by atoms with Gasteiger partial charge in [-0.15, -0.1) is 0 Å². The molecule has 1 N–H and O–H groups in total. The highest BCUT2D eigenvalue weighted by Gasteiger charge is 2.11. The van der Waals surface area contributed by atoms with Gasteiger partial charge in [-0.25, -0.2) is 13.8 Å². The summed E-state index contributed by atoms with van der Waals surface area (Å²) in [6.07, 6.45) is 0. The highest BCUT2D eigenvalue weighted by molar-refractivity contribution is 5.89. The van der Waals surface area contributed by atoms with Crippen LogP contribution in [0.1, 0.15) is 12.5 Å². The van der Waals surface area contributed by atoms with E-state index in [1.54, 1.807) is 24.3 Å². The zero-order valence-corrected chi connectivity index (χ0v) is 15.8. The molecule has 6 heteroatoms. The number of hydrogen-bond acceptors (Lipinski definition) is 4. The third kappa shape index (κ3) is 4.32. The number of ether oxygens (including phenoxy) is 1. The average Bonchev–Trinajstić information content (AvgIpc) is 2.74. The maximum absolute atomic E-state index is 13.2. The molecule has 0 fully saturated rings. The minimum absolute atomic E-state index is 0.272. The van der Waals surface area contributed by atoms with Crippen molar-refractivity contribution in [1.82, 2.24) is 9.97 Å². The molecule has 3 aromatic carbocycles. The second kappa shape index (κ2) is 8.22. The lowest BCUT2D eigenvalue weighted by atomic mass is 10.0. The van der Waals surface area contributed by atoms with Crippen LogP contribution < -0.4 is 10.1 Å². The van der Waals surface area contributed by atoms with Gasteiger partial charge in [0.15, 0.2) is 0 Å². The molecule has 29 heavy (non-hydrogen) atoms. The monoisotopic (exact) mass is 391 g/mol. The van der Waals surface area contributed by atoms with Gasteiger partial charge in [0.1, 0.15) is 11.6 Å². The first-order valence-corrected chi connectivity index (χ1v) is 9.31. The molecule has 4 aromatic rings. The first-order chi connectivity index (χ1) is 14.1. The van der Waals surface area contributed by atoms with Crippen molar-refractivity contribution >= 4 is 16.9 Å². The van der Waals surface area contributed by atoms with E-state index in [9.17, 15) is 8.78 Å². The fourth-order valence-electron chi connectivity index (χ4n) is 3.03. The Morgan fingerprint density at radius 3 is 2.17 bits per heavy atom. The molecule has 1 heterocycles. The van der Waals surface area contributed by atoms with Crippen molar-refractivity contribution in [1.29, 1.82) is 0 Å². The average molecular weight is 391 g/mol. The van der Waals surface area contributed by atoms with Crippen LogP contribution >= 0.6 is 0 Å². The number of aromatic nitrogens is 2. The number of anilines is 1. The molecular formula is C23H19F2N3O. The Morgan fingerprint density at radius 1 is 0.828 bits per heavy atom. The second-order valence-corrected chi connectivity index (χ2v) is 6.50. The topological polar surface area (TPSA) is 47.0 Å². The van der Waals surface area contributed by atoms with Gasteiger partial charge in [-0.1, -0.05) is 30.3 Å². The van der Waals surface area contributed by atoms with E-state index < -0.39 is 0 Å². The third-order valence-corrected chi connectivity index (χ3v) is 4.48. The molecule has 0 aliphatic heterocycles. The van der Waals surface area contributed by atoms with E-state index in [2.05, 4.69) is 15.3 Å². The molecule has 0 unspecified atom stereocenters. The van der Waals surface area contributed by atoms with Crippen molar-refractivity contribution in [2.45, 2.75) is 13.5 Å². The zero-order chi connectivity index (χ0) is 20.2. The number of hydrogen-bond donors (Lipinski definition) is 1. The summed E-state index contributed by atoms with van der Waals surface area (Å²) in [5.74, 6) is 0.360. The van der Waals surface area contributed by atoms with Crippen molar-refractivity contribution in [3.8, 4) is 17.0 Å². The van der Waals surface area contributed by atoms with Crippen LogP contribution in [-0.2, 0) is 6.54 Å². The van der Waals surface area contributed by atoms with Gasteiger partial charge in [0.2, 0.25) is 11.8 Å². The van der Waals surface area contributed by atoms with E-state index in [1.165, 1.54) is 24.3 Å². The lowest BCUT2D eigenvalue weighted by molar-refractivity contribution is 0.331. The number of rotatable bonds is 6. The molecule has 0 spiro atoms. The van der Waals surface area contributed by atoms with Crippen molar-refractivity contribution < 1.29 is 13.5 Å². The summed E-state index contributed by atoms with van der Waals surface area (Å²) >= 11 is 0. The molecule has 4 rings (SSSR count). The molecule has 4 nitrogen and oxygen atoms in total. The normalized spacial score (nSPS) is 10.9. The third-order valence-electron chi connectivity index (χ3n) is 4.48. The highest BCUT2D eigenvalue weighted by atomic mass is 19.1. The predicted molar refractivity (Wildman–Crippen MR) is 110 cm³/mol. The summed E-state index contributed by atoms with van der Waals surface area (Å²) in [5.41, 5.74) is 3.47. The fraction of sp³-hybridized carbons (Fsp3) is 0.130. The summed E-state index contributed by atoms with van der Waals surface area (Å²) in [7, 11) is 0. The van der Waals surface area contributed by atoms with Gasteiger partial charge < -0.3 is 10.1 Å². The fourth-order valence-corrected chi connectivity index (χ4v) is 3.03. The van der Waals surface area contributed by atoms with Crippen LogP contribution in [0.5, 0.6) is 5.88 Å². The molecule has 1 aromatic heterocycles. The van der Waals surface area contributed by atoms with Gasteiger partial charge in [-0.2, -0.15) is 4.98 Å². The Bertz CT molecular complexity index is 1130. The lowest BCUT2D eigenvalue weighted by Crippen LogP contribution is -2.06. The van der Waals surface area contributed by atoms with Gasteiger partial charge in [-0.3, -0.25) is 0 Å². The maximum atomic E-state index is 13.2. The van der Waals surface area contributed by atoms with Crippen LogP contribution in [0.15, 0.2) is 66.7 Å². The Balaban J connectivity index is 1.66. The van der Waals surface area contributed by atoms with E-state index in [4.69, 9.17) is 4.74 Å². The van der Waals surface area contributed by atoms with Gasteiger partial charge in [0.05, 0.1) is 17.5 Å². The van der Waals surface area contributed by atoms with E-state index >= 15 is 0 Å². The molecule has 0 bridgehead atoms. The number of benzene rings is 3. The van der Waals surface area contributed by atoms with Crippen LogP contribution in [0.4, 0.5) is 14.7 Å². The summed E-state index contributed by atoms with van der Waals surface area (Å²) in [4.78, 5) is 9.06. The summed E-state index contributed by atoms with van der Waals surface area (Å²) in [6, 6.07) is 18.3. The quantitative estimate of drug-likeness (QED) is 0.466. The number of halogens is 2. The number of fused-ring (bicyclic) bond motifs is 1. The van der Waals surface area contributed by atoms with Crippen LogP contribution in [0, 0.1) is 11.6 Å². The van der Waals surface area contributed by atoms with Crippen LogP contribution in [-0.4, -0.2) is 16.6 Å². The molecule has 0 amide bonds. The predicted octanol–water partition coefficient (Wildman–Crippen LogP) is 5.59. The Labute approximate surface area is 167 Å². The first kappa shape index (κ1) is 18.8. The van der Waals surface area contributed by atoms with Crippen molar-refractivity contribution in [3.05, 3.63) is 83.9 Å². The molecule has 146 valence electrons. The van der Waals surface area contributed by atoms with Crippen molar-refractivity contribution in [2.24, 2.45) is 0 Å². The smallest absolute Gasteiger partial charge is 0.226 e.